The van der Waals surface area contributed by atoms with Crippen molar-refractivity contribution in [2.75, 3.05) is 0 Å². The minimum Gasteiger partial charge on any atom is -0.192 e. The fourth-order valence-electron chi connectivity index (χ4n) is 7.24. The molecule has 0 N–H and O–H groups in total. The number of hydrogen-bond donors (Lipinski definition) is 0. The van der Waals surface area contributed by atoms with Gasteiger partial charge in [0, 0.05) is 0 Å². The van der Waals surface area contributed by atoms with Crippen molar-refractivity contribution in [3.63, 3.8) is 0 Å². The maximum Gasteiger partial charge on any atom is 0.0991 e. The van der Waals surface area contributed by atoms with Crippen molar-refractivity contribution < 1.29 is 0 Å². The van der Waals surface area contributed by atoms with Gasteiger partial charge in [0.1, 0.15) is 0 Å². The third-order valence-corrected chi connectivity index (χ3v) is 9.27. The summed E-state index contributed by atoms with van der Waals surface area (Å²) in [6, 6.07) is 56.9. The van der Waals surface area contributed by atoms with E-state index >= 15 is 0 Å². The van der Waals surface area contributed by atoms with Crippen molar-refractivity contribution in [1.82, 2.24) is 0 Å². The summed E-state index contributed by atoms with van der Waals surface area (Å²) < 4.78 is 0. The quantitative estimate of drug-likeness (QED) is 0.199. The molecule has 0 saturated carbocycles. The summed E-state index contributed by atoms with van der Waals surface area (Å²) in [6.45, 7) is 0. The van der Waals surface area contributed by atoms with Gasteiger partial charge in [0.05, 0.1) is 11.6 Å². The fourth-order valence-corrected chi connectivity index (χ4v) is 7.24. The Morgan fingerprint density at radius 3 is 1.55 bits per heavy atom. The summed E-state index contributed by atoms with van der Waals surface area (Å²) >= 11 is 0. The van der Waals surface area contributed by atoms with Crippen LogP contribution in [-0.2, 0) is 0 Å². The predicted octanol–water partition coefficient (Wildman–Crippen LogP) is 11.8. The van der Waals surface area contributed by atoms with E-state index in [4.69, 9.17) is 0 Å². The van der Waals surface area contributed by atoms with Crippen LogP contribution in [0.25, 0.3) is 87.2 Å². The van der Waals surface area contributed by atoms with Crippen molar-refractivity contribution in [3.8, 4) is 39.4 Å². The number of rotatable bonds is 3. The highest BCUT2D eigenvalue weighted by atomic mass is 14.2. The Kier molecular flexibility index (Phi) is 5.33. The van der Waals surface area contributed by atoms with Crippen LogP contribution in [0, 0.1) is 11.3 Å². The van der Waals surface area contributed by atoms with Crippen LogP contribution in [0.1, 0.15) is 5.56 Å². The molecule has 202 valence electrons. The summed E-state index contributed by atoms with van der Waals surface area (Å²) in [7, 11) is 0. The molecule has 0 amide bonds. The minimum absolute atomic E-state index is 0.667. The van der Waals surface area contributed by atoms with E-state index in [0.717, 1.165) is 5.56 Å². The second-order valence-corrected chi connectivity index (χ2v) is 11.6. The minimum atomic E-state index is 0.667. The third-order valence-electron chi connectivity index (χ3n) is 9.27. The molecule has 0 heterocycles. The van der Waals surface area contributed by atoms with E-state index in [1.165, 1.54) is 81.7 Å². The molecule has 1 nitrogen and oxygen atoms in total. The van der Waals surface area contributed by atoms with Crippen LogP contribution < -0.4 is 0 Å². The monoisotopic (exact) mass is 555 g/mol. The Balaban J connectivity index is 1.44. The second kappa shape index (κ2) is 9.53. The van der Waals surface area contributed by atoms with Gasteiger partial charge in [-0.2, -0.15) is 5.26 Å². The van der Waals surface area contributed by atoms with Gasteiger partial charge in [0.25, 0.3) is 0 Å². The van der Waals surface area contributed by atoms with Gasteiger partial charge in [-0.3, -0.25) is 0 Å². The molecule has 44 heavy (non-hydrogen) atoms. The zero-order valence-corrected chi connectivity index (χ0v) is 23.9. The Hall–Kier alpha value is -5.97. The molecule has 0 aromatic heterocycles. The van der Waals surface area contributed by atoms with E-state index in [0.29, 0.717) is 5.56 Å². The molecule has 9 aromatic carbocycles. The van der Waals surface area contributed by atoms with Crippen molar-refractivity contribution >= 4 is 53.9 Å². The number of benzene rings is 9. The van der Waals surface area contributed by atoms with Gasteiger partial charge in [-0.25, -0.2) is 0 Å². The van der Waals surface area contributed by atoms with Gasteiger partial charge in [0.15, 0.2) is 0 Å². The molecule has 0 atom stereocenters. The Labute approximate surface area is 255 Å². The lowest BCUT2D eigenvalue weighted by atomic mass is 9.83. The van der Waals surface area contributed by atoms with Crippen LogP contribution >= 0.6 is 0 Å². The normalized spacial score (nSPS) is 11.6. The zero-order chi connectivity index (χ0) is 29.2. The summed E-state index contributed by atoms with van der Waals surface area (Å²) in [5, 5.41) is 22.0. The lowest BCUT2D eigenvalue weighted by Gasteiger charge is -2.20. The van der Waals surface area contributed by atoms with Gasteiger partial charge >= 0.3 is 0 Å². The molecule has 0 bridgehead atoms. The molecule has 0 fully saturated rings. The highest BCUT2D eigenvalue weighted by molar-refractivity contribution is 6.30. The first kappa shape index (κ1) is 24.6. The van der Waals surface area contributed by atoms with E-state index in [9.17, 15) is 5.26 Å². The Morgan fingerprint density at radius 2 is 0.864 bits per heavy atom. The van der Waals surface area contributed by atoms with Gasteiger partial charge < -0.3 is 0 Å². The molecule has 0 saturated heterocycles. The van der Waals surface area contributed by atoms with E-state index in [2.05, 4.69) is 146 Å². The molecule has 0 unspecified atom stereocenters. The van der Waals surface area contributed by atoms with E-state index in [1.807, 2.05) is 12.1 Å². The smallest absolute Gasteiger partial charge is 0.0991 e. The Morgan fingerprint density at radius 1 is 0.341 bits per heavy atom. The molecule has 9 aromatic rings. The van der Waals surface area contributed by atoms with Crippen LogP contribution in [0.4, 0.5) is 0 Å². The van der Waals surface area contributed by atoms with Crippen LogP contribution in [0.5, 0.6) is 0 Å². The number of fused-ring (bicyclic) bond motifs is 2. The van der Waals surface area contributed by atoms with Gasteiger partial charge in [-0.05, 0) is 105 Å². The highest BCUT2D eigenvalue weighted by Crippen LogP contribution is 2.47. The maximum atomic E-state index is 9.49. The first-order valence-corrected chi connectivity index (χ1v) is 15.0. The average Bonchev–Trinajstić information content (AvgIpc) is 3.10. The van der Waals surface area contributed by atoms with E-state index in [-0.39, 0.29) is 0 Å². The van der Waals surface area contributed by atoms with Crippen molar-refractivity contribution in [2.24, 2.45) is 0 Å². The van der Waals surface area contributed by atoms with Crippen molar-refractivity contribution in [1.29, 1.82) is 5.26 Å². The summed E-state index contributed by atoms with van der Waals surface area (Å²) in [4.78, 5) is 0. The third kappa shape index (κ3) is 3.59. The van der Waals surface area contributed by atoms with E-state index < -0.39 is 0 Å². The van der Waals surface area contributed by atoms with Crippen molar-refractivity contribution in [2.45, 2.75) is 0 Å². The number of hydrogen-bond acceptors (Lipinski definition) is 1. The fraction of sp³-hybridized carbons (Fsp3) is 0. The van der Waals surface area contributed by atoms with E-state index in [1.54, 1.807) is 0 Å². The molecule has 0 aliphatic carbocycles. The topological polar surface area (TPSA) is 23.8 Å². The summed E-state index contributed by atoms with van der Waals surface area (Å²) in [5.41, 5.74) is 7.90. The molecule has 1 heteroatoms. The lowest BCUT2D eigenvalue weighted by molar-refractivity contribution is 1.48. The van der Waals surface area contributed by atoms with Crippen LogP contribution in [0.2, 0.25) is 0 Å². The predicted molar refractivity (Wildman–Crippen MR) is 186 cm³/mol. The summed E-state index contributed by atoms with van der Waals surface area (Å²) in [6.07, 6.45) is 0. The molecule has 0 aliphatic heterocycles. The molecule has 9 rings (SSSR count). The molecule has 0 spiro atoms. The maximum absolute atomic E-state index is 9.49. The first-order chi connectivity index (χ1) is 21.8. The van der Waals surface area contributed by atoms with Crippen LogP contribution in [0.3, 0.4) is 0 Å². The van der Waals surface area contributed by atoms with Crippen LogP contribution in [0.15, 0.2) is 152 Å². The molecular formula is C43H25N. The molecule has 0 aliphatic rings. The standard InChI is InChI=1S/C43H25N/c44-26-27-15-17-30(18-16-27)40-25-41(35-14-6-10-29-8-2-4-12-33(29)35)39-22-20-31-19-21-36(37-23-24-38(40)43(39)42(31)37)34-13-5-9-28-7-1-3-11-32(28)34/h1-25H. The highest BCUT2D eigenvalue weighted by Gasteiger charge is 2.19. The van der Waals surface area contributed by atoms with Gasteiger partial charge in [-0.1, -0.05) is 133 Å². The average molecular weight is 556 g/mol. The number of nitriles is 1. The Bertz CT molecular complexity index is 2590. The zero-order valence-electron chi connectivity index (χ0n) is 23.9. The summed E-state index contributed by atoms with van der Waals surface area (Å²) in [5.74, 6) is 0. The lowest BCUT2D eigenvalue weighted by Crippen LogP contribution is -1.93. The molecular weight excluding hydrogens is 530 g/mol. The largest absolute Gasteiger partial charge is 0.192 e. The SMILES string of the molecule is N#Cc1ccc(-c2cc(-c3cccc4ccccc34)c3ccc4ccc(-c5cccc6ccccc56)c5ccc2c3c45)cc1. The van der Waals surface area contributed by atoms with Crippen molar-refractivity contribution in [3.05, 3.63) is 157 Å². The second-order valence-electron chi connectivity index (χ2n) is 11.6. The van der Waals surface area contributed by atoms with Gasteiger partial charge in [-0.15, -0.1) is 0 Å². The first-order valence-electron chi connectivity index (χ1n) is 15.0. The number of nitrogens with zero attached hydrogens (tertiary/aromatic N) is 1. The van der Waals surface area contributed by atoms with Gasteiger partial charge in [0.2, 0.25) is 0 Å². The molecule has 0 radical (unpaired) electrons. The van der Waals surface area contributed by atoms with Crippen LogP contribution in [-0.4, -0.2) is 0 Å².